The molecular formula is C14H18F2N2O2. The second-order valence-corrected chi connectivity index (χ2v) is 5.17. The van der Waals surface area contributed by atoms with E-state index in [0.29, 0.717) is 5.56 Å². The predicted molar refractivity (Wildman–Crippen MR) is 69.1 cm³/mol. The van der Waals surface area contributed by atoms with Crippen LogP contribution in [0.4, 0.5) is 8.78 Å². The third-order valence-corrected chi connectivity index (χ3v) is 3.65. The second kappa shape index (κ2) is 6.26. The molecule has 1 saturated carbocycles. The molecule has 1 aromatic heterocycles. The van der Waals surface area contributed by atoms with Gasteiger partial charge in [0.05, 0.1) is 6.10 Å². The van der Waals surface area contributed by atoms with Gasteiger partial charge in [-0.25, -0.2) is 8.78 Å². The molecule has 0 aliphatic heterocycles. The number of aliphatic hydroxyl groups excluding tert-OH is 1. The molecule has 20 heavy (non-hydrogen) atoms. The smallest absolute Gasteiger partial charge is 0.248 e. The maximum Gasteiger partial charge on any atom is 0.248 e. The normalized spacial score (nSPS) is 20.4. The Hall–Kier alpha value is -1.56. The van der Waals surface area contributed by atoms with Crippen molar-refractivity contribution in [3.8, 4) is 0 Å². The van der Waals surface area contributed by atoms with Crippen LogP contribution in [0.25, 0.3) is 0 Å². The zero-order valence-electron chi connectivity index (χ0n) is 11.1. The minimum Gasteiger partial charge on any atom is -0.387 e. The average molecular weight is 284 g/mol. The first kappa shape index (κ1) is 14.8. The van der Waals surface area contributed by atoms with E-state index in [1.165, 1.54) is 0 Å². The van der Waals surface area contributed by atoms with Crippen LogP contribution in [-0.2, 0) is 4.79 Å². The first-order valence-corrected chi connectivity index (χ1v) is 6.71. The number of hydrogen-bond donors (Lipinski definition) is 2. The fourth-order valence-corrected chi connectivity index (χ4v) is 2.35. The standard InChI is InChI=1S/C14H18F2N2O2/c15-14(16)5-1-11(2-6-14)13(20)18-9-12(19)10-3-7-17-8-4-10/h3-4,7-8,11-12,19H,1-2,5-6,9H2,(H,18,20). The summed E-state index contributed by atoms with van der Waals surface area (Å²) in [6.45, 7) is 0.0791. The number of nitrogens with zero attached hydrogens (tertiary/aromatic N) is 1. The monoisotopic (exact) mass is 284 g/mol. The number of amides is 1. The minimum absolute atomic E-state index is 0.0791. The number of carbonyl (C=O) groups is 1. The predicted octanol–water partition coefficient (Wildman–Crippen LogP) is 2.06. The van der Waals surface area contributed by atoms with Crippen LogP contribution in [0.5, 0.6) is 0 Å². The fourth-order valence-electron chi connectivity index (χ4n) is 2.35. The van der Waals surface area contributed by atoms with Crippen molar-refractivity contribution >= 4 is 5.91 Å². The van der Waals surface area contributed by atoms with Crippen molar-refractivity contribution in [2.45, 2.75) is 37.7 Å². The molecule has 1 heterocycles. The Balaban J connectivity index is 1.78. The summed E-state index contributed by atoms with van der Waals surface area (Å²) >= 11 is 0. The van der Waals surface area contributed by atoms with E-state index >= 15 is 0 Å². The lowest BCUT2D eigenvalue weighted by Crippen LogP contribution is -2.37. The summed E-state index contributed by atoms with van der Waals surface area (Å²) in [5.41, 5.74) is 0.662. The highest BCUT2D eigenvalue weighted by Crippen LogP contribution is 2.36. The third kappa shape index (κ3) is 3.96. The van der Waals surface area contributed by atoms with E-state index in [4.69, 9.17) is 0 Å². The molecule has 1 unspecified atom stereocenters. The number of aliphatic hydroxyl groups is 1. The van der Waals surface area contributed by atoms with Crippen LogP contribution in [0, 0.1) is 5.92 Å². The van der Waals surface area contributed by atoms with Crippen LogP contribution in [0.3, 0.4) is 0 Å². The Morgan fingerprint density at radius 1 is 1.40 bits per heavy atom. The lowest BCUT2D eigenvalue weighted by Gasteiger charge is -2.27. The molecule has 2 rings (SSSR count). The Bertz CT molecular complexity index is 444. The van der Waals surface area contributed by atoms with Crippen molar-refractivity contribution in [2.75, 3.05) is 6.54 Å². The summed E-state index contributed by atoms with van der Waals surface area (Å²) in [4.78, 5) is 15.7. The maximum absolute atomic E-state index is 13.0. The van der Waals surface area contributed by atoms with Gasteiger partial charge >= 0.3 is 0 Å². The van der Waals surface area contributed by atoms with E-state index in [9.17, 15) is 18.7 Å². The number of hydrogen-bond acceptors (Lipinski definition) is 3. The Morgan fingerprint density at radius 2 is 2.00 bits per heavy atom. The number of rotatable bonds is 4. The molecule has 2 N–H and O–H groups in total. The molecule has 0 aromatic carbocycles. The van der Waals surface area contributed by atoms with Crippen molar-refractivity contribution in [1.82, 2.24) is 10.3 Å². The van der Waals surface area contributed by atoms with Gasteiger partial charge in [0.2, 0.25) is 11.8 Å². The van der Waals surface area contributed by atoms with E-state index < -0.39 is 12.0 Å². The highest BCUT2D eigenvalue weighted by molar-refractivity contribution is 5.78. The first-order valence-electron chi connectivity index (χ1n) is 6.71. The molecule has 1 fully saturated rings. The van der Waals surface area contributed by atoms with Gasteiger partial charge in [0.15, 0.2) is 0 Å². The summed E-state index contributed by atoms with van der Waals surface area (Å²) in [6.07, 6.45) is 2.23. The number of nitrogens with one attached hydrogen (secondary N) is 1. The van der Waals surface area contributed by atoms with Crippen LogP contribution < -0.4 is 5.32 Å². The lowest BCUT2D eigenvalue weighted by atomic mass is 9.86. The van der Waals surface area contributed by atoms with Crippen LogP contribution >= 0.6 is 0 Å². The van der Waals surface area contributed by atoms with E-state index in [-0.39, 0.29) is 44.1 Å². The molecule has 6 heteroatoms. The molecule has 1 aliphatic rings. The molecule has 0 radical (unpaired) electrons. The molecule has 0 bridgehead atoms. The number of pyridine rings is 1. The van der Waals surface area contributed by atoms with Crippen LogP contribution in [0.2, 0.25) is 0 Å². The third-order valence-electron chi connectivity index (χ3n) is 3.65. The second-order valence-electron chi connectivity index (χ2n) is 5.17. The summed E-state index contributed by atoms with van der Waals surface area (Å²) in [7, 11) is 0. The van der Waals surface area contributed by atoms with E-state index in [1.54, 1.807) is 24.5 Å². The van der Waals surface area contributed by atoms with E-state index in [0.717, 1.165) is 0 Å². The molecule has 110 valence electrons. The topological polar surface area (TPSA) is 62.2 Å². The summed E-state index contributed by atoms with van der Waals surface area (Å²) in [5.74, 6) is -3.26. The van der Waals surface area contributed by atoms with Crippen molar-refractivity contribution in [2.24, 2.45) is 5.92 Å². The van der Waals surface area contributed by atoms with Crippen molar-refractivity contribution in [3.05, 3.63) is 30.1 Å². The molecule has 1 aromatic rings. The van der Waals surface area contributed by atoms with Gasteiger partial charge in [-0.1, -0.05) is 0 Å². The van der Waals surface area contributed by atoms with Gasteiger partial charge in [-0.3, -0.25) is 9.78 Å². The van der Waals surface area contributed by atoms with Crippen molar-refractivity contribution in [1.29, 1.82) is 0 Å². The van der Waals surface area contributed by atoms with Gasteiger partial charge in [0.25, 0.3) is 0 Å². The Morgan fingerprint density at radius 3 is 2.60 bits per heavy atom. The molecule has 1 aliphatic carbocycles. The van der Waals surface area contributed by atoms with Gasteiger partial charge in [-0.15, -0.1) is 0 Å². The molecule has 1 amide bonds. The zero-order chi connectivity index (χ0) is 14.6. The quantitative estimate of drug-likeness (QED) is 0.889. The van der Waals surface area contributed by atoms with Gasteiger partial charge in [-0.05, 0) is 30.5 Å². The maximum atomic E-state index is 13.0. The molecule has 4 nitrogen and oxygen atoms in total. The molecule has 0 spiro atoms. The van der Waals surface area contributed by atoms with Gasteiger partial charge in [0.1, 0.15) is 0 Å². The number of carbonyl (C=O) groups excluding carboxylic acids is 1. The Kier molecular flexibility index (Phi) is 4.65. The summed E-state index contributed by atoms with van der Waals surface area (Å²) in [5, 5.41) is 12.5. The Labute approximate surface area is 116 Å². The SMILES string of the molecule is O=C(NCC(O)c1ccncc1)C1CCC(F)(F)CC1. The van der Waals surface area contributed by atoms with Crippen LogP contribution in [0.15, 0.2) is 24.5 Å². The fraction of sp³-hybridized carbons (Fsp3) is 0.571. The summed E-state index contributed by atoms with van der Waals surface area (Å²) < 4.78 is 26.0. The van der Waals surface area contributed by atoms with E-state index in [2.05, 4.69) is 10.3 Å². The highest BCUT2D eigenvalue weighted by atomic mass is 19.3. The molecule has 1 atom stereocenters. The first-order chi connectivity index (χ1) is 9.48. The van der Waals surface area contributed by atoms with Crippen LogP contribution in [-0.4, -0.2) is 28.5 Å². The number of halogens is 2. The van der Waals surface area contributed by atoms with Gasteiger partial charge in [0, 0.05) is 37.7 Å². The number of alkyl halides is 2. The van der Waals surface area contributed by atoms with Crippen LogP contribution in [0.1, 0.15) is 37.4 Å². The minimum atomic E-state index is -2.63. The summed E-state index contributed by atoms with van der Waals surface area (Å²) in [6, 6.07) is 3.33. The average Bonchev–Trinajstić information content (AvgIpc) is 2.45. The highest BCUT2D eigenvalue weighted by Gasteiger charge is 2.37. The van der Waals surface area contributed by atoms with Crippen molar-refractivity contribution in [3.63, 3.8) is 0 Å². The lowest BCUT2D eigenvalue weighted by molar-refractivity contribution is -0.129. The van der Waals surface area contributed by atoms with Crippen molar-refractivity contribution < 1.29 is 18.7 Å². The number of aromatic nitrogens is 1. The van der Waals surface area contributed by atoms with Gasteiger partial charge in [-0.2, -0.15) is 0 Å². The molecular weight excluding hydrogens is 266 g/mol. The van der Waals surface area contributed by atoms with Gasteiger partial charge < -0.3 is 10.4 Å². The molecule has 0 saturated heterocycles. The zero-order valence-corrected chi connectivity index (χ0v) is 11.1. The van der Waals surface area contributed by atoms with E-state index in [1.807, 2.05) is 0 Å². The largest absolute Gasteiger partial charge is 0.387 e.